The van der Waals surface area contributed by atoms with Gasteiger partial charge in [-0.15, -0.1) is 0 Å². The molecule has 0 bridgehead atoms. The Morgan fingerprint density at radius 1 is 1.40 bits per heavy atom. The largest absolute Gasteiger partial charge is 0.507 e. The van der Waals surface area contributed by atoms with E-state index in [9.17, 15) is 9.90 Å². The van der Waals surface area contributed by atoms with Crippen LogP contribution in [0, 0.1) is 0 Å². The van der Waals surface area contributed by atoms with E-state index in [2.05, 4.69) is 4.99 Å². The number of ketones is 1. The van der Waals surface area contributed by atoms with E-state index >= 15 is 0 Å². The standard InChI is InChI=1S/C11H11NO3/c13-9-5-2-1-4-8(9)10(14)11-12-6-3-7-15-11/h1-2,4-5,13H,3,6-7H2. The van der Waals surface area contributed by atoms with Gasteiger partial charge in [0, 0.05) is 13.0 Å². The number of carbonyl (C=O) groups is 1. The summed E-state index contributed by atoms with van der Waals surface area (Å²) in [4.78, 5) is 15.8. The van der Waals surface area contributed by atoms with Crippen LogP contribution in [0.3, 0.4) is 0 Å². The van der Waals surface area contributed by atoms with E-state index in [0.29, 0.717) is 13.2 Å². The third kappa shape index (κ3) is 1.98. The molecular formula is C11H11NO3. The number of ether oxygens (including phenoxy) is 1. The van der Waals surface area contributed by atoms with Crippen LogP contribution in [0.1, 0.15) is 16.8 Å². The minimum atomic E-state index is -0.354. The zero-order chi connectivity index (χ0) is 10.7. The van der Waals surface area contributed by atoms with Gasteiger partial charge in [-0.3, -0.25) is 4.79 Å². The van der Waals surface area contributed by atoms with Gasteiger partial charge in [0.05, 0.1) is 12.2 Å². The molecule has 1 aliphatic rings. The van der Waals surface area contributed by atoms with Crippen molar-refractivity contribution < 1.29 is 14.6 Å². The van der Waals surface area contributed by atoms with Gasteiger partial charge in [-0.1, -0.05) is 12.1 Å². The molecule has 0 amide bonds. The van der Waals surface area contributed by atoms with Gasteiger partial charge in [0.1, 0.15) is 5.75 Å². The molecule has 0 unspecified atom stereocenters. The molecule has 0 fully saturated rings. The Balaban J connectivity index is 2.28. The van der Waals surface area contributed by atoms with Crippen molar-refractivity contribution in [1.82, 2.24) is 0 Å². The monoisotopic (exact) mass is 205 g/mol. The first kappa shape index (κ1) is 9.71. The molecule has 0 atom stereocenters. The predicted molar refractivity (Wildman–Crippen MR) is 55.3 cm³/mol. The molecule has 78 valence electrons. The third-order valence-corrected chi connectivity index (χ3v) is 2.14. The van der Waals surface area contributed by atoms with Crippen LogP contribution in [0.25, 0.3) is 0 Å². The van der Waals surface area contributed by atoms with Gasteiger partial charge in [0.2, 0.25) is 0 Å². The summed E-state index contributed by atoms with van der Waals surface area (Å²) < 4.78 is 5.14. The average Bonchev–Trinajstić information content (AvgIpc) is 2.30. The Kier molecular flexibility index (Phi) is 2.67. The zero-order valence-electron chi connectivity index (χ0n) is 8.14. The summed E-state index contributed by atoms with van der Waals surface area (Å²) in [7, 11) is 0. The van der Waals surface area contributed by atoms with Crippen molar-refractivity contribution in [1.29, 1.82) is 0 Å². The van der Waals surface area contributed by atoms with Crippen molar-refractivity contribution in [2.24, 2.45) is 4.99 Å². The predicted octanol–water partition coefficient (Wildman–Crippen LogP) is 1.39. The maximum absolute atomic E-state index is 11.8. The van der Waals surface area contributed by atoms with E-state index in [-0.39, 0.29) is 23.0 Å². The van der Waals surface area contributed by atoms with E-state index in [1.807, 2.05) is 0 Å². The van der Waals surface area contributed by atoms with Crippen LogP contribution in [0.2, 0.25) is 0 Å². The molecule has 15 heavy (non-hydrogen) atoms. The minimum absolute atomic E-state index is 0.0422. The van der Waals surface area contributed by atoms with Crippen molar-refractivity contribution in [3.63, 3.8) is 0 Å². The number of rotatable bonds is 2. The van der Waals surface area contributed by atoms with Gasteiger partial charge in [0.25, 0.3) is 11.7 Å². The van der Waals surface area contributed by atoms with Crippen molar-refractivity contribution in [2.45, 2.75) is 6.42 Å². The molecule has 1 aromatic carbocycles. The summed E-state index contributed by atoms with van der Waals surface area (Å²) in [6.07, 6.45) is 0.831. The lowest BCUT2D eigenvalue weighted by molar-refractivity contribution is 0.102. The molecule has 4 heteroatoms. The van der Waals surface area contributed by atoms with Crippen LogP contribution in [0.15, 0.2) is 29.3 Å². The smallest absolute Gasteiger partial charge is 0.258 e. The summed E-state index contributed by atoms with van der Waals surface area (Å²) in [5, 5.41) is 9.48. The Morgan fingerprint density at radius 2 is 2.20 bits per heavy atom. The van der Waals surface area contributed by atoms with E-state index in [1.54, 1.807) is 18.2 Å². The van der Waals surface area contributed by atoms with E-state index in [4.69, 9.17) is 4.74 Å². The Morgan fingerprint density at radius 3 is 2.87 bits per heavy atom. The number of hydrogen-bond acceptors (Lipinski definition) is 4. The first-order valence-corrected chi connectivity index (χ1v) is 4.79. The van der Waals surface area contributed by atoms with Crippen LogP contribution < -0.4 is 0 Å². The lowest BCUT2D eigenvalue weighted by Crippen LogP contribution is -2.23. The maximum Gasteiger partial charge on any atom is 0.258 e. The molecule has 1 N–H and O–H groups in total. The first-order valence-electron chi connectivity index (χ1n) is 4.79. The summed E-state index contributed by atoms with van der Waals surface area (Å²) in [5.74, 6) is -0.296. The SMILES string of the molecule is O=C(C1=NCCCO1)c1ccccc1O. The number of hydrogen-bond donors (Lipinski definition) is 1. The lowest BCUT2D eigenvalue weighted by atomic mass is 10.1. The van der Waals surface area contributed by atoms with Gasteiger partial charge in [-0.2, -0.15) is 0 Å². The number of para-hydroxylation sites is 1. The Bertz CT molecular complexity index is 412. The molecule has 4 nitrogen and oxygen atoms in total. The Hall–Kier alpha value is -1.84. The van der Waals surface area contributed by atoms with Crippen LogP contribution >= 0.6 is 0 Å². The highest BCUT2D eigenvalue weighted by Crippen LogP contribution is 2.17. The molecule has 1 heterocycles. The fraction of sp³-hybridized carbons (Fsp3) is 0.273. The lowest BCUT2D eigenvalue weighted by Gasteiger charge is -2.12. The van der Waals surface area contributed by atoms with Gasteiger partial charge in [-0.05, 0) is 12.1 Å². The summed E-state index contributed by atoms with van der Waals surface area (Å²) >= 11 is 0. The van der Waals surface area contributed by atoms with E-state index < -0.39 is 0 Å². The topological polar surface area (TPSA) is 58.9 Å². The van der Waals surface area contributed by atoms with Crippen molar-refractivity contribution in [2.75, 3.05) is 13.2 Å². The number of phenolic OH excluding ortho intramolecular Hbond substituents is 1. The first-order chi connectivity index (χ1) is 7.29. The summed E-state index contributed by atoms with van der Waals surface area (Å²) in [6, 6.07) is 6.38. The minimum Gasteiger partial charge on any atom is -0.507 e. The van der Waals surface area contributed by atoms with Crippen LogP contribution in [0.4, 0.5) is 0 Å². The number of Topliss-reactive ketones (excluding diaryl/α,β-unsaturated/α-hetero) is 1. The summed E-state index contributed by atoms with van der Waals surface area (Å²) in [5.41, 5.74) is 0.234. The highest BCUT2D eigenvalue weighted by atomic mass is 16.5. The number of phenols is 1. The number of aliphatic imine (C=N–C) groups is 1. The van der Waals surface area contributed by atoms with Gasteiger partial charge in [0.15, 0.2) is 0 Å². The average molecular weight is 205 g/mol. The molecule has 0 spiro atoms. The molecule has 1 aromatic rings. The number of nitrogens with zero attached hydrogens (tertiary/aromatic N) is 1. The molecule has 0 aliphatic carbocycles. The second kappa shape index (κ2) is 4.13. The number of carbonyl (C=O) groups excluding carboxylic acids is 1. The molecule has 0 saturated heterocycles. The molecule has 2 rings (SSSR count). The fourth-order valence-corrected chi connectivity index (χ4v) is 1.38. The highest BCUT2D eigenvalue weighted by Gasteiger charge is 2.20. The second-order valence-corrected chi connectivity index (χ2v) is 3.24. The van der Waals surface area contributed by atoms with Crippen molar-refractivity contribution in [3.05, 3.63) is 29.8 Å². The molecular weight excluding hydrogens is 194 g/mol. The number of benzene rings is 1. The fourth-order valence-electron chi connectivity index (χ4n) is 1.38. The van der Waals surface area contributed by atoms with Crippen molar-refractivity contribution in [3.8, 4) is 5.75 Å². The highest BCUT2D eigenvalue weighted by molar-refractivity contribution is 6.43. The van der Waals surface area contributed by atoms with E-state index in [1.165, 1.54) is 6.07 Å². The maximum atomic E-state index is 11.8. The molecule has 1 aliphatic heterocycles. The van der Waals surface area contributed by atoms with Crippen LogP contribution in [-0.2, 0) is 4.74 Å². The van der Waals surface area contributed by atoms with Crippen LogP contribution in [0.5, 0.6) is 5.75 Å². The third-order valence-electron chi connectivity index (χ3n) is 2.14. The molecule has 0 saturated carbocycles. The quantitative estimate of drug-likeness (QED) is 0.742. The van der Waals surface area contributed by atoms with Gasteiger partial charge < -0.3 is 9.84 Å². The number of aromatic hydroxyl groups is 1. The summed E-state index contributed by atoms with van der Waals surface area (Å²) in [6.45, 7) is 1.12. The molecule has 0 radical (unpaired) electrons. The Labute approximate surface area is 87.2 Å². The van der Waals surface area contributed by atoms with Gasteiger partial charge >= 0.3 is 0 Å². The van der Waals surface area contributed by atoms with E-state index in [0.717, 1.165) is 6.42 Å². The molecule has 0 aromatic heterocycles. The van der Waals surface area contributed by atoms with Gasteiger partial charge in [-0.25, -0.2) is 4.99 Å². The van der Waals surface area contributed by atoms with Crippen molar-refractivity contribution >= 4 is 11.7 Å². The van der Waals surface area contributed by atoms with Crippen LogP contribution in [-0.4, -0.2) is 29.9 Å². The zero-order valence-corrected chi connectivity index (χ0v) is 8.14. The normalized spacial score (nSPS) is 15.3. The second-order valence-electron chi connectivity index (χ2n) is 3.24.